The van der Waals surface area contributed by atoms with E-state index in [2.05, 4.69) is 10.6 Å². The predicted octanol–water partition coefficient (Wildman–Crippen LogP) is 2.12. The molecular formula is C11H12FIN2O. The Morgan fingerprint density at radius 2 is 2.38 bits per heavy atom. The normalized spacial score (nSPS) is 19.8. The molecule has 16 heavy (non-hydrogen) atoms. The third-order valence-corrected chi connectivity index (χ3v) is 3.46. The third kappa shape index (κ3) is 2.70. The second kappa shape index (κ2) is 5.09. The minimum atomic E-state index is -0.290. The van der Waals surface area contributed by atoms with Crippen LogP contribution in [0.1, 0.15) is 12.8 Å². The van der Waals surface area contributed by atoms with Crippen molar-refractivity contribution in [3.8, 4) is 0 Å². The molecule has 0 radical (unpaired) electrons. The number of carbonyl (C=O) groups is 1. The standard InChI is InChI=1S/C11H12FIN2O/c12-7-3-4-9(8(13)6-7)15-11(16)10-2-1-5-14-10/h3-4,6,10,14H,1-2,5H2,(H,15,16). The topological polar surface area (TPSA) is 41.1 Å². The monoisotopic (exact) mass is 334 g/mol. The zero-order valence-electron chi connectivity index (χ0n) is 8.59. The molecule has 2 rings (SSSR count). The van der Waals surface area contributed by atoms with Crippen molar-refractivity contribution in [3.63, 3.8) is 0 Å². The van der Waals surface area contributed by atoms with Crippen LogP contribution in [0, 0.1) is 9.39 Å². The number of benzene rings is 1. The molecule has 1 amide bonds. The molecule has 2 N–H and O–H groups in total. The molecule has 0 aromatic heterocycles. The molecule has 1 atom stereocenters. The van der Waals surface area contributed by atoms with Gasteiger partial charge < -0.3 is 10.6 Å². The van der Waals surface area contributed by atoms with E-state index in [1.54, 1.807) is 6.07 Å². The van der Waals surface area contributed by atoms with Crippen LogP contribution in [0.3, 0.4) is 0 Å². The van der Waals surface area contributed by atoms with Crippen molar-refractivity contribution in [3.05, 3.63) is 27.6 Å². The summed E-state index contributed by atoms with van der Waals surface area (Å²) < 4.78 is 13.6. The summed E-state index contributed by atoms with van der Waals surface area (Å²) >= 11 is 2.01. The summed E-state index contributed by atoms with van der Waals surface area (Å²) in [6.07, 6.45) is 1.89. The van der Waals surface area contributed by atoms with Gasteiger partial charge in [0.2, 0.25) is 5.91 Å². The van der Waals surface area contributed by atoms with Gasteiger partial charge in [-0.15, -0.1) is 0 Å². The Kier molecular flexibility index (Phi) is 3.75. The second-order valence-corrected chi connectivity index (χ2v) is 4.92. The van der Waals surface area contributed by atoms with Crippen molar-refractivity contribution in [1.29, 1.82) is 0 Å². The fraction of sp³-hybridized carbons (Fsp3) is 0.364. The molecule has 1 unspecified atom stereocenters. The highest BCUT2D eigenvalue weighted by molar-refractivity contribution is 14.1. The maximum Gasteiger partial charge on any atom is 0.241 e. The first-order valence-corrected chi connectivity index (χ1v) is 6.24. The molecule has 1 aliphatic heterocycles. The van der Waals surface area contributed by atoms with Gasteiger partial charge in [-0.1, -0.05) is 0 Å². The Morgan fingerprint density at radius 1 is 1.56 bits per heavy atom. The smallest absolute Gasteiger partial charge is 0.241 e. The van der Waals surface area contributed by atoms with Crippen molar-refractivity contribution >= 4 is 34.2 Å². The number of hydrogen-bond acceptors (Lipinski definition) is 2. The molecule has 86 valence electrons. The summed E-state index contributed by atoms with van der Waals surface area (Å²) in [5, 5.41) is 5.92. The average Bonchev–Trinajstić information content (AvgIpc) is 2.75. The highest BCUT2D eigenvalue weighted by Gasteiger charge is 2.22. The van der Waals surface area contributed by atoms with Crippen LogP contribution in [-0.2, 0) is 4.79 Å². The van der Waals surface area contributed by atoms with Crippen LogP contribution in [-0.4, -0.2) is 18.5 Å². The van der Waals surface area contributed by atoms with E-state index in [1.165, 1.54) is 12.1 Å². The SMILES string of the molecule is O=C(Nc1ccc(F)cc1I)C1CCCN1. The molecule has 0 spiro atoms. The van der Waals surface area contributed by atoms with Gasteiger partial charge in [-0.25, -0.2) is 4.39 Å². The first-order valence-electron chi connectivity index (χ1n) is 5.16. The van der Waals surface area contributed by atoms with Gasteiger partial charge in [-0.05, 0) is 60.2 Å². The fourth-order valence-electron chi connectivity index (χ4n) is 1.72. The van der Waals surface area contributed by atoms with E-state index in [-0.39, 0.29) is 17.8 Å². The van der Waals surface area contributed by atoms with Gasteiger partial charge in [0.15, 0.2) is 0 Å². The molecule has 1 aliphatic rings. The van der Waals surface area contributed by atoms with Crippen LogP contribution in [0.4, 0.5) is 10.1 Å². The lowest BCUT2D eigenvalue weighted by Gasteiger charge is -2.12. The lowest BCUT2D eigenvalue weighted by molar-refractivity contribution is -0.117. The highest BCUT2D eigenvalue weighted by atomic mass is 127. The van der Waals surface area contributed by atoms with Crippen LogP contribution in [0.25, 0.3) is 0 Å². The summed E-state index contributed by atoms with van der Waals surface area (Å²) in [6, 6.07) is 4.23. The molecule has 1 aromatic carbocycles. The maximum absolute atomic E-state index is 12.9. The Morgan fingerprint density at radius 3 is 3.00 bits per heavy atom. The second-order valence-electron chi connectivity index (χ2n) is 3.76. The van der Waals surface area contributed by atoms with Crippen LogP contribution in [0.2, 0.25) is 0 Å². The zero-order chi connectivity index (χ0) is 11.5. The van der Waals surface area contributed by atoms with Gasteiger partial charge >= 0.3 is 0 Å². The first-order chi connectivity index (χ1) is 7.66. The number of carbonyl (C=O) groups excluding carboxylic acids is 1. The van der Waals surface area contributed by atoms with Crippen LogP contribution < -0.4 is 10.6 Å². The van der Waals surface area contributed by atoms with E-state index >= 15 is 0 Å². The number of hydrogen-bond donors (Lipinski definition) is 2. The minimum Gasteiger partial charge on any atom is -0.324 e. The highest BCUT2D eigenvalue weighted by Crippen LogP contribution is 2.19. The quantitative estimate of drug-likeness (QED) is 0.814. The average molecular weight is 334 g/mol. The van der Waals surface area contributed by atoms with E-state index in [1.807, 2.05) is 22.6 Å². The van der Waals surface area contributed by atoms with Gasteiger partial charge in [0.1, 0.15) is 5.82 Å². The first kappa shape index (κ1) is 11.8. The number of anilines is 1. The summed E-state index contributed by atoms with van der Waals surface area (Å²) in [4.78, 5) is 11.8. The molecule has 5 heteroatoms. The molecule has 1 saturated heterocycles. The van der Waals surface area contributed by atoms with E-state index in [4.69, 9.17) is 0 Å². The third-order valence-electron chi connectivity index (χ3n) is 2.57. The van der Waals surface area contributed by atoms with Crippen LogP contribution in [0.15, 0.2) is 18.2 Å². The van der Waals surface area contributed by atoms with Gasteiger partial charge in [-0.2, -0.15) is 0 Å². The number of amides is 1. The van der Waals surface area contributed by atoms with Crippen molar-refractivity contribution in [2.45, 2.75) is 18.9 Å². The molecule has 0 saturated carbocycles. The Balaban J connectivity index is 2.05. The maximum atomic E-state index is 12.9. The van der Waals surface area contributed by atoms with E-state index in [0.29, 0.717) is 9.26 Å². The zero-order valence-corrected chi connectivity index (χ0v) is 10.8. The molecule has 0 aliphatic carbocycles. The summed E-state index contributed by atoms with van der Waals surface area (Å²) in [5.74, 6) is -0.330. The minimum absolute atomic E-state index is 0.0398. The Bertz CT molecular complexity index is 405. The molecule has 0 bridgehead atoms. The van der Waals surface area contributed by atoms with E-state index in [9.17, 15) is 9.18 Å². The van der Waals surface area contributed by atoms with E-state index < -0.39 is 0 Å². The van der Waals surface area contributed by atoms with Crippen molar-refractivity contribution in [2.24, 2.45) is 0 Å². The number of rotatable bonds is 2. The number of halogens is 2. The van der Waals surface area contributed by atoms with Gasteiger partial charge in [0.25, 0.3) is 0 Å². The molecule has 3 nitrogen and oxygen atoms in total. The van der Waals surface area contributed by atoms with Crippen LogP contribution in [0.5, 0.6) is 0 Å². The number of nitrogens with one attached hydrogen (secondary N) is 2. The molecule has 1 fully saturated rings. The molecular weight excluding hydrogens is 322 g/mol. The Labute approximate surface area is 107 Å². The van der Waals surface area contributed by atoms with Gasteiger partial charge in [0, 0.05) is 3.57 Å². The fourth-order valence-corrected chi connectivity index (χ4v) is 2.33. The molecule has 1 aromatic rings. The summed E-state index contributed by atoms with van der Waals surface area (Å²) in [6.45, 7) is 0.887. The van der Waals surface area contributed by atoms with Gasteiger partial charge in [-0.3, -0.25) is 4.79 Å². The Hall–Kier alpha value is -0.690. The lowest BCUT2D eigenvalue weighted by Crippen LogP contribution is -2.35. The predicted molar refractivity (Wildman–Crippen MR) is 68.8 cm³/mol. The summed E-state index contributed by atoms with van der Waals surface area (Å²) in [7, 11) is 0. The van der Waals surface area contributed by atoms with Crippen LogP contribution >= 0.6 is 22.6 Å². The molecule has 1 heterocycles. The van der Waals surface area contributed by atoms with E-state index in [0.717, 1.165) is 19.4 Å². The van der Waals surface area contributed by atoms with Crippen molar-refractivity contribution in [2.75, 3.05) is 11.9 Å². The summed E-state index contributed by atoms with van der Waals surface area (Å²) in [5.41, 5.74) is 0.667. The van der Waals surface area contributed by atoms with Gasteiger partial charge in [0.05, 0.1) is 11.7 Å². The van der Waals surface area contributed by atoms with Crippen molar-refractivity contribution in [1.82, 2.24) is 5.32 Å². The lowest BCUT2D eigenvalue weighted by atomic mass is 10.2. The largest absolute Gasteiger partial charge is 0.324 e. The van der Waals surface area contributed by atoms with Crippen molar-refractivity contribution < 1.29 is 9.18 Å².